The Hall–Kier alpha value is -1.35. The first-order chi connectivity index (χ1) is 7.22. The van der Waals surface area contributed by atoms with Crippen LogP contribution in [0.5, 0.6) is 5.75 Å². The van der Waals surface area contributed by atoms with Gasteiger partial charge in [0.15, 0.2) is 17.4 Å². The average molecular weight is 242 g/mol. The fraction of sp³-hybridized carbons (Fsp3) is 0.143. The summed E-state index contributed by atoms with van der Waals surface area (Å²) in [5, 5.41) is 17.1. The van der Waals surface area contributed by atoms with E-state index in [0.29, 0.717) is 12.1 Å². The molecule has 1 aromatic carbocycles. The smallest absolute Gasteiger partial charge is 0.423 e. The first kappa shape index (κ1) is 12.7. The zero-order valence-electron chi connectivity index (χ0n) is 7.42. The van der Waals surface area contributed by atoms with E-state index < -0.39 is 36.3 Å². The molecule has 0 heterocycles. The van der Waals surface area contributed by atoms with Crippen LogP contribution in [-0.4, -0.2) is 23.5 Å². The molecule has 88 valence electrons. The molecule has 0 aliphatic heterocycles. The molecule has 1 aromatic rings. The van der Waals surface area contributed by atoms with E-state index in [4.69, 9.17) is 10.0 Å². The van der Waals surface area contributed by atoms with Crippen molar-refractivity contribution in [1.29, 1.82) is 0 Å². The number of ether oxygens (including phenoxy) is 1. The Morgan fingerprint density at radius 3 is 2.12 bits per heavy atom. The first-order valence-electron chi connectivity index (χ1n) is 3.82. The molecule has 9 heteroatoms. The summed E-state index contributed by atoms with van der Waals surface area (Å²) < 4.78 is 64.3. The van der Waals surface area contributed by atoms with Crippen LogP contribution in [0.3, 0.4) is 0 Å². The van der Waals surface area contributed by atoms with E-state index in [-0.39, 0.29) is 0 Å². The van der Waals surface area contributed by atoms with Gasteiger partial charge in [-0.25, -0.2) is 8.78 Å². The average Bonchev–Trinajstić information content (AvgIpc) is 2.10. The maximum absolute atomic E-state index is 13.1. The highest BCUT2D eigenvalue weighted by Gasteiger charge is 2.35. The maximum atomic E-state index is 13.1. The molecule has 0 amide bonds. The van der Waals surface area contributed by atoms with Crippen LogP contribution in [-0.2, 0) is 0 Å². The molecule has 0 radical (unpaired) electrons. The van der Waals surface area contributed by atoms with E-state index in [1.54, 1.807) is 0 Å². The van der Waals surface area contributed by atoms with Crippen LogP contribution < -0.4 is 10.2 Å². The van der Waals surface area contributed by atoms with Crippen molar-refractivity contribution in [2.75, 3.05) is 0 Å². The fourth-order valence-corrected chi connectivity index (χ4v) is 0.956. The van der Waals surface area contributed by atoms with Crippen molar-refractivity contribution in [1.82, 2.24) is 0 Å². The van der Waals surface area contributed by atoms with E-state index in [1.165, 1.54) is 0 Å². The second-order valence-electron chi connectivity index (χ2n) is 2.70. The largest absolute Gasteiger partial charge is 0.573 e. The van der Waals surface area contributed by atoms with Crippen LogP contribution in [0, 0.1) is 11.6 Å². The maximum Gasteiger partial charge on any atom is 0.573 e. The van der Waals surface area contributed by atoms with Crippen LogP contribution in [0.2, 0.25) is 0 Å². The molecule has 2 N–H and O–H groups in total. The van der Waals surface area contributed by atoms with Gasteiger partial charge in [-0.15, -0.1) is 13.2 Å². The topological polar surface area (TPSA) is 49.7 Å². The highest BCUT2D eigenvalue weighted by atomic mass is 19.4. The molecule has 0 saturated heterocycles. The Kier molecular flexibility index (Phi) is 3.39. The van der Waals surface area contributed by atoms with Crippen molar-refractivity contribution in [3.63, 3.8) is 0 Å². The molecule has 16 heavy (non-hydrogen) atoms. The Morgan fingerprint density at radius 2 is 1.69 bits per heavy atom. The highest BCUT2D eigenvalue weighted by Crippen LogP contribution is 2.27. The monoisotopic (exact) mass is 242 g/mol. The van der Waals surface area contributed by atoms with Crippen molar-refractivity contribution in [3.05, 3.63) is 23.8 Å². The molecule has 3 nitrogen and oxygen atoms in total. The SMILES string of the molecule is OB(O)c1ccc(F)c(OC(F)(F)F)c1F. The molecule has 1 rings (SSSR count). The molecule has 0 bridgehead atoms. The van der Waals surface area contributed by atoms with Gasteiger partial charge in [0.1, 0.15) is 0 Å². The quantitative estimate of drug-likeness (QED) is 0.587. The lowest BCUT2D eigenvalue weighted by Crippen LogP contribution is -2.34. The Morgan fingerprint density at radius 1 is 1.12 bits per heavy atom. The Balaban J connectivity index is 3.21. The van der Waals surface area contributed by atoms with Gasteiger partial charge < -0.3 is 14.8 Å². The summed E-state index contributed by atoms with van der Waals surface area (Å²) in [6.45, 7) is 0. The standard InChI is InChI=1S/C7H4BF5O3/c9-4-2-1-3(8(14)15)5(10)6(4)16-7(11,12)13/h1-2,14-15H. The predicted molar refractivity (Wildman–Crippen MR) is 42.9 cm³/mol. The summed E-state index contributed by atoms with van der Waals surface area (Å²) in [7, 11) is -2.36. The Bertz CT molecular complexity index is 392. The second-order valence-corrected chi connectivity index (χ2v) is 2.70. The zero-order valence-corrected chi connectivity index (χ0v) is 7.42. The van der Waals surface area contributed by atoms with E-state index in [2.05, 4.69) is 4.74 Å². The molecule has 0 unspecified atom stereocenters. The number of alkyl halides is 3. The molecule has 0 aromatic heterocycles. The summed E-state index contributed by atoms with van der Waals surface area (Å²) in [6.07, 6.45) is -5.28. The van der Waals surface area contributed by atoms with Gasteiger partial charge in [-0.3, -0.25) is 0 Å². The van der Waals surface area contributed by atoms with Crippen molar-refractivity contribution < 1.29 is 36.7 Å². The van der Waals surface area contributed by atoms with Crippen LogP contribution in [0.15, 0.2) is 12.1 Å². The normalized spacial score (nSPS) is 11.4. The van der Waals surface area contributed by atoms with Crippen LogP contribution in [0.25, 0.3) is 0 Å². The molecular weight excluding hydrogens is 238 g/mol. The summed E-state index contributed by atoms with van der Waals surface area (Å²) in [5.41, 5.74) is -0.916. The molecule has 0 aliphatic carbocycles. The summed E-state index contributed by atoms with van der Waals surface area (Å²) in [6, 6.07) is 1.03. The van der Waals surface area contributed by atoms with E-state index >= 15 is 0 Å². The fourth-order valence-electron chi connectivity index (χ4n) is 0.956. The minimum absolute atomic E-state index is 0.429. The van der Waals surface area contributed by atoms with Gasteiger partial charge in [-0.2, -0.15) is 0 Å². The van der Waals surface area contributed by atoms with E-state index in [9.17, 15) is 22.0 Å². The lowest BCUT2D eigenvalue weighted by Gasteiger charge is -2.12. The summed E-state index contributed by atoms with van der Waals surface area (Å²) in [5.74, 6) is -5.13. The molecular formula is C7H4BF5O3. The number of halogens is 5. The van der Waals surface area contributed by atoms with Gasteiger partial charge in [0.2, 0.25) is 0 Å². The lowest BCUT2D eigenvalue weighted by molar-refractivity contribution is -0.276. The number of hydrogen-bond donors (Lipinski definition) is 2. The number of benzene rings is 1. The molecule has 0 spiro atoms. The lowest BCUT2D eigenvalue weighted by atomic mass is 9.80. The third kappa shape index (κ3) is 2.83. The molecule has 0 saturated carbocycles. The van der Waals surface area contributed by atoms with E-state index in [0.717, 1.165) is 0 Å². The molecule has 0 fully saturated rings. The van der Waals surface area contributed by atoms with Gasteiger partial charge in [0, 0.05) is 5.46 Å². The van der Waals surface area contributed by atoms with Crippen molar-refractivity contribution in [2.24, 2.45) is 0 Å². The van der Waals surface area contributed by atoms with E-state index in [1.807, 2.05) is 0 Å². The number of rotatable bonds is 2. The van der Waals surface area contributed by atoms with Gasteiger partial charge in [0.05, 0.1) is 0 Å². The third-order valence-corrected chi connectivity index (χ3v) is 1.57. The first-order valence-corrected chi connectivity index (χ1v) is 3.82. The summed E-state index contributed by atoms with van der Waals surface area (Å²) >= 11 is 0. The van der Waals surface area contributed by atoms with Gasteiger partial charge in [-0.1, -0.05) is 6.07 Å². The van der Waals surface area contributed by atoms with Gasteiger partial charge in [0.25, 0.3) is 0 Å². The Labute approximate surface area is 86.2 Å². The van der Waals surface area contributed by atoms with Crippen LogP contribution in [0.4, 0.5) is 22.0 Å². The van der Waals surface area contributed by atoms with Crippen molar-refractivity contribution in [2.45, 2.75) is 6.36 Å². The van der Waals surface area contributed by atoms with Crippen LogP contribution >= 0.6 is 0 Å². The van der Waals surface area contributed by atoms with Gasteiger partial charge >= 0.3 is 13.5 Å². The minimum atomic E-state index is -5.28. The molecule has 0 atom stereocenters. The van der Waals surface area contributed by atoms with Gasteiger partial charge in [-0.05, 0) is 6.07 Å². The van der Waals surface area contributed by atoms with Crippen LogP contribution in [0.1, 0.15) is 0 Å². The highest BCUT2D eigenvalue weighted by molar-refractivity contribution is 6.58. The third-order valence-electron chi connectivity index (χ3n) is 1.57. The minimum Gasteiger partial charge on any atom is -0.423 e. The van der Waals surface area contributed by atoms with Crippen molar-refractivity contribution in [3.8, 4) is 5.75 Å². The predicted octanol–water partition coefficient (Wildman–Crippen LogP) is 0.543. The summed E-state index contributed by atoms with van der Waals surface area (Å²) in [4.78, 5) is 0. The second kappa shape index (κ2) is 4.26. The van der Waals surface area contributed by atoms with Crippen molar-refractivity contribution >= 4 is 12.6 Å². The zero-order chi connectivity index (χ0) is 12.5. The number of hydrogen-bond acceptors (Lipinski definition) is 3. The molecule has 0 aliphatic rings.